The first-order valence-corrected chi connectivity index (χ1v) is 8.27. The number of hydrogen-bond acceptors (Lipinski definition) is 4. The van der Waals surface area contributed by atoms with E-state index in [0.29, 0.717) is 18.5 Å². The number of methoxy groups -OCH3 is 1. The van der Waals surface area contributed by atoms with Gasteiger partial charge in [0.05, 0.1) is 13.7 Å². The first-order chi connectivity index (χ1) is 11.0. The number of nitrogens with zero attached hydrogens (tertiary/aromatic N) is 2. The van der Waals surface area contributed by atoms with Crippen LogP contribution in [-0.4, -0.2) is 55.1 Å². The Bertz CT molecular complexity index is 504. The van der Waals surface area contributed by atoms with Gasteiger partial charge in [-0.05, 0) is 30.0 Å². The van der Waals surface area contributed by atoms with E-state index in [1.807, 2.05) is 12.1 Å². The lowest BCUT2D eigenvalue weighted by Gasteiger charge is -2.34. The van der Waals surface area contributed by atoms with Gasteiger partial charge in [-0.3, -0.25) is 14.6 Å². The molecular weight excluding hydrogens is 295 g/mol. The summed E-state index contributed by atoms with van der Waals surface area (Å²) in [7, 11) is 1.43. The van der Waals surface area contributed by atoms with Crippen molar-refractivity contribution in [3.63, 3.8) is 0 Å². The van der Waals surface area contributed by atoms with Crippen molar-refractivity contribution in [1.82, 2.24) is 9.80 Å². The van der Waals surface area contributed by atoms with Gasteiger partial charge in [0.15, 0.2) is 0 Å². The zero-order chi connectivity index (χ0) is 16.8. The lowest BCUT2D eigenvalue weighted by Crippen LogP contribution is -2.45. The first-order valence-electron chi connectivity index (χ1n) is 8.27. The van der Waals surface area contributed by atoms with Crippen LogP contribution in [0, 0.1) is 11.7 Å². The van der Waals surface area contributed by atoms with Gasteiger partial charge in [-0.1, -0.05) is 26.0 Å². The summed E-state index contributed by atoms with van der Waals surface area (Å²) >= 11 is 0. The predicted molar refractivity (Wildman–Crippen MR) is 88.5 cm³/mol. The van der Waals surface area contributed by atoms with Crippen LogP contribution in [0.5, 0.6) is 0 Å². The average Bonchev–Trinajstić information content (AvgIpc) is 2.72. The lowest BCUT2D eigenvalue weighted by atomic mass is 10.0. The molecule has 0 saturated carbocycles. The van der Waals surface area contributed by atoms with Gasteiger partial charge in [-0.2, -0.15) is 0 Å². The Hall–Kier alpha value is -1.46. The fourth-order valence-electron chi connectivity index (χ4n) is 3.18. The smallest absolute Gasteiger partial charge is 0.319 e. The summed E-state index contributed by atoms with van der Waals surface area (Å²) in [6.07, 6.45) is 1.02. The second-order valence-corrected chi connectivity index (χ2v) is 6.57. The molecular formula is C18H27FN2O2. The SMILES string of the molecule is COC(=O)CN1CCCN(Cc2ccc(F)cc2)[C@H](C(C)C)C1. The van der Waals surface area contributed by atoms with Gasteiger partial charge in [0.1, 0.15) is 5.82 Å². The van der Waals surface area contributed by atoms with Crippen molar-refractivity contribution in [2.24, 2.45) is 5.92 Å². The Morgan fingerprint density at radius 2 is 2.00 bits per heavy atom. The number of benzene rings is 1. The topological polar surface area (TPSA) is 32.8 Å². The van der Waals surface area contributed by atoms with Gasteiger partial charge in [-0.15, -0.1) is 0 Å². The van der Waals surface area contributed by atoms with E-state index in [4.69, 9.17) is 4.74 Å². The molecule has 0 aromatic heterocycles. The molecule has 1 atom stereocenters. The molecule has 5 heteroatoms. The van der Waals surface area contributed by atoms with Crippen molar-refractivity contribution in [3.05, 3.63) is 35.6 Å². The monoisotopic (exact) mass is 322 g/mol. The van der Waals surface area contributed by atoms with Crippen molar-refractivity contribution in [3.8, 4) is 0 Å². The molecule has 0 N–H and O–H groups in total. The minimum absolute atomic E-state index is 0.181. The van der Waals surface area contributed by atoms with E-state index in [1.54, 1.807) is 0 Å². The van der Waals surface area contributed by atoms with Crippen molar-refractivity contribution < 1.29 is 13.9 Å². The maximum atomic E-state index is 13.1. The number of esters is 1. The van der Waals surface area contributed by atoms with E-state index in [1.165, 1.54) is 19.2 Å². The van der Waals surface area contributed by atoms with Gasteiger partial charge in [0.2, 0.25) is 0 Å². The highest BCUT2D eigenvalue weighted by Crippen LogP contribution is 2.20. The molecule has 23 heavy (non-hydrogen) atoms. The molecule has 0 spiro atoms. The molecule has 1 aliphatic rings. The van der Waals surface area contributed by atoms with Crippen LogP contribution < -0.4 is 0 Å². The van der Waals surface area contributed by atoms with Gasteiger partial charge < -0.3 is 4.74 Å². The van der Waals surface area contributed by atoms with E-state index in [9.17, 15) is 9.18 Å². The molecule has 4 nitrogen and oxygen atoms in total. The summed E-state index contributed by atoms with van der Waals surface area (Å²) in [6, 6.07) is 7.10. The van der Waals surface area contributed by atoms with Crippen LogP contribution >= 0.6 is 0 Å². The zero-order valence-electron chi connectivity index (χ0n) is 14.3. The Morgan fingerprint density at radius 1 is 1.30 bits per heavy atom. The number of rotatable bonds is 5. The number of halogens is 1. The number of carbonyl (C=O) groups excluding carboxylic acids is 1. The fraction of sp³-hybridized carbons (Fsp3) is 0.611. The maximum Gasteiger partial charge on any atom is 0.319 e. The highest BCUT2D eigenvalue weighted by atomic mass is 19.1. The molecule has 1 saturated heterocycles. The molecule has 2 rings (SSSR count). The number of carbonyl (C=O) groups is 1. The van der Waals surface area contributed by atoms with Crippen LogP contribution in [0.4, 0.5) is 4.39 Å². The standard InChI is InChI=1S/C18H27FN2O2/c1-14(2)17-12-20(13-18(22)23-3)9-4-10-21(17)11-15-5-7-16(19)8-6-15/h5-8,14,17H,4,9-13H2,1-3H3/t17-/m0/s1. The number of ether oxygens (including phenoxy) is 1. The molecule has 1 heterocycles. The Balaban J connectivity index is 2.06. The molecule has 0 bridgehead atoms. The Kier molecular flexibility index (Phi) is 6.54. The summed E-state index contributed by atoms with van der Waals surface area (Å²) in [5.74, 6) is 0.0995. The zero-order valence-corrected chi connectivity index (χ0v) is 14.3. The van der Waals surface area contributed by atoms with Crippen molar-refractivity contribution in [1.29, 1.82) is 0 Å². The summed E-state index contributed by atoms with van der Waals surface area (Å²) in [6.45, 7) is 8.33. The van der Waals surface area contributed by atoms with E-state index in [-0.39, 0.29) is 11.8 Å². The molecule has 0 amide bonds. The van der Waals surface area contributed by atoms with Crippen LogP contribution in [0.15, 0.2) is 24.3 Å². The van der Waals surface area contributed by atoms with E-state index >= 15 is 0 Å². The van der Waals surface area contributed by atoms with Crippen LogP contribution in [0.3, 0.4) is 0 Å². The summed E-state index contributed by atoms with van der Waals surface area (Å²) < 4.78 is 17.9. The largest absolute Gasteiger partial charge is 0.468 e. The summed E-state index contributed by atoms with van der Waals surface area (Å²) in [4.78, 5) is 16.2. The lowest BCUT2D eigenvalue weighted by molar-refractivity contribution is -0.142. The summed E-state index contributed by atoms with van der Waals surface area (Å²) in [5, 5.41) is 0. The van der Waals surface area contributed by atoms with Gasteiger partial charge in [0, 0.05) is 32.2 Å². The van der Waals surface area contributed by atoms with Crippen molar-refractivity contribution in [2.75, 3.05) is 33.3 Å². The second-order valence-electron chi connectivity index (χ2n) is 6.57. The predicted octanol–water partition coefficient (Wildman–Crippen LogP) is 2.53. The van der Waals surface area contributed by atoms with Gasteiger partial charge in [-0.25, -0.2) is 4.39 Å². The molecule has 1 fully saturated rings. The second kappa shape index (κ2) is 8.41. The van der Waals surface area contributed by atoms with Crippen molar-refractivity contribution in [2.45, 2.75) is 32.9 Å². The first kappa shape index (κ1) is 17.9. The Labute approximate surface area is 138 Å². The molecule has 0 aliphatic carbocycles. The fourth-order valence-corrected chi connectivity index (χ4v) is 3.18. The molecule has 1 aliphatic heterocycles. The number of hydrogen-bond donors (Lipinski definition) is 0. The average molecular weight is 322 g/mol. The molecule has 1 aromatic rings. The normalized spacial score (nSPS) is 20.5. The molecule has 1 aromatic carbocycles. The highest BCUT2D eigenvalue weighted by Gasteiger charge is 2.28. The van der Waals surface area contributed by atoms with Gasteiger partial charge >= 0.3 is 5.97 Å². The van der Waals surface area contributed by atoms with E-state index < -0.39 is 0 Å². The summed E-state index contributed by atoms with van der Waals surface area (Å²) in [5.41, 5.74) is 1.12. The Morgan fingerprint density at radius 3 is 2.61 bits per heavy atom. The van der Waals surface area contributed by atoms with Crippen LogP contribution in [0.1, 0.15) is 25.8 Å². The van der Waals surface area contributed by atoms with Crippen LogP contribution in [-0.2, 0) is 16.1 Å². The third kappa shape index (κ3) is 5.29. The van der Waals surface area contributed by atoms with E-state index in [0.717, 1.165) is 38.2 Å². The molecule has 0 radical (unpaired) electrons. The van der Waals surface area contributed by atoms with Crippen LogP contribution in [0.25, 0.3) is 0 Å². The third-order valence-corrected chi connectivity index (χ3v) is 4.48. The molecule has 128 valence electrons. The van der Waals surface area contributed by atoms with E-state index in [2.05, 4.69) is 23.6 Å². The van der Waals surface area contributed by atoms with Crippen LogP contribution in [0.2, 0.25) is 0 Å². The van der Waals surface area contributed by atoms with Gasteiger partial charge in [0.25, 0.3) is 0 Å². The third-order valence-electron chi connectivity index (χ3n) is 4.48. The quantitative estimate of drug-likeness (QED) is 0.780. The minimum atomic E-state index is -0.200. The molecule has 0 unspecified atom stereocenters. The minimum Gasteiger partial charge on any atom is -0.468 e. The van der Waals surface area contributed by atoms with Crippen molar-refractivity contribution >= 4 is 5.97 Å². The maximum absolute atomic E-state index is 13.1. The highest BCUT2D eigenvalue weighted by molar-refractivity contribution is 5.71.